The highest BCUT2D eigenvalue weighted by molar-refractivity contribution is 6.02. The van der Waals surface area contributed by atoms with E-state index in [9.17, 15) is 4.79 Å². The Morgan fingerprint density at radius 2 is 1.91 bits per heavy atom. The smallest absolute Gasteiger partial charge is 0.275 e. The van der Waals surface area contributed by atoms with Crippen LogP contribution in [-0.4, -0.2) is 20.7 Å². The van der Waals surface area contributed by atoms with Crippen molar-refractivity contribution in [1.82, 2.24) is 14.8 Å². The summed E-state index contributed by atoms with van der Waals surface area (Å²) in [5.41, 5.74) is 2.33. The van der Waals surface area contributed by atoms with Gasteiger partial charge in [0.05, 0.1) is 12.7 Å². The molecule has 0 bridgehead atoms. The van der Waals surface area contributed by atoms with Crippen LogP contribution in [0.25, 0.3) is 0 Å². The first-order chi connectivity index (χ1) is 10.7. The molecule has 5 heteroatoms. The van der Waals surface area contributed by atoms with Crippen molar-refractivity contribution in [2.24, 2.45) is 0 Å². The topological polar surface area (TPSA) is 59.8 Å². The number of rotatable bonds is 4. The molecule has 0 radical (unpaired) electrons. The Hall–Kier alpha value is -2.95. The molecule has 0 aliphatic rings. The Morgan fingerprint density at radius 3 is 2.68 bits per heavy atom. The minimum absolute atomic E-state index is 0.237. The van der Waals surface area contributed by atoms with E-state index < -0.39 is 0 Å². The van der Waals surface area contributed by atoms with Crippen molar-refractivity contribution in [3.8, 4) is 0 Å². The van der Waals surface area contributed by atoms with Crippen LogP contribution in [0.2, 0.25) is 0 Å². The molecule has 0 saturated carbocycles. The zero-order valence-corrected chi connectivity index (χ0v) is 12.2. The third-order valence-electron chi connectivity index (χ3n) is 3.25. The van der Waals surface area contributed by atoms with Gasteiger partial charge in [0.25, 0.3) is 5.91 Å². The third-order valence-corrected chi connectivity index (χ3v) is 3.25. The normalized spacial score (nSPS) is 10.4. The molecule has 0 saturated heterocycles. The lowest BCUT2D eigenvalue weighted by atomic mass is 10.2. The van der Waals surface area contributed by atoms with Crippen LogP contribution in [-0.2, 0) is 6.54 Å². The fraction of sp³-hybridized carbons (Fsp3) is 0.118. The first-order valence-electron chi connectivity index (χ1n) is 7.03. The molecule has 3 aromatic rings. The first-order valence-corrected chi connectivity index (χ1v) is 7.03. The Balaban J connectivity index is 1.76. The molecule has 1 amide bonds. The minimum atomic E-state index is -0.237. The van der Waals surface area contributed by atoms with Crippen LogP contribution in [0.3, 0.4) is 0 Å². The summed E-state index contributed by atoms with van der Waals surface area (Å²) in [5.74, 6) is 0.413. The lowest BCUT2D eigenvalue weighted by molar-refractivity contribution is 0.102. The van der Waals surface area contributed by atoms with Crippen molar-refractivity contribution < 1.29 is 4.79 Å². The van der Waals surface area contributed by atoms with E-state index in [1.807, 2.05) is 49.4 Å². The van der Waals surface area contributed by atoms with Crippen molar-refractivity contribution in [2.45, 2.75) is 13.5 Å². The fourth-order valence-electron chi connectivity index (χ4n) is 2.17. The molecule has 22 heavy (non-hydrogen) atoms. The van der Waals surface area contributed by atoms with Crippen LogP contribution < -0.4 is 5.32 Å². The molecule has 0 aliphatic heterocycles. The number of carbonyl (C=O) groups is 1. The Bertz CT molecular complexity index is 780. The van der Waals surface area contributed by atoms with E-state index in [-0.39, 0.29) is 5.91 Å². The molecule has 1 aromatic carbocycles. The molecule has 0 unspecified atom stereocenters. The van der Waals surface area contributed by atoms with Crippen molar-refractivity contribution in [2.75, 3.05) is 5.32 Å². The van der Waals surface area contributed by atoms with Gasteiger partial charge in [0.2, 0.25) is 0 Å². The van der Waals surface area contributed by atoms with Gasteiger partial charge in [0.1, 0.15) is 11.5 Å². The van der Waals surface area contributed by atoms with Gasteiger partial charge in [-0.1, -0.05) is 36.4 Å². The summed E-state index contributed by atoms with van der Waals surface area (Å²) in [6, 6.07) is 17.1. The maximum Gasteiger partial charge on any atom is 0.275 e. The molecule has 5 nitrogen and oxygen atoms in total. The zero-order valence-electron chi connectivity index (χ0n) is 12.2. The highest BCUT2D eigenvalue weighted by Crippen LogP contribution is 2.11. The quantitative estimate of drug-likeness (QED) is 0.804. The maximum atomic E-state index is 12.3. The number of nitrogens with one attached hydrogen (secondary N) is 1. The van der Waals surface area contributed by atoms with Crippen LogP contribution in [0.5, 0.6) is 0 Å². The number of pyridine rings is 1. The molecular formula is C17H16N4O. The fourth-order valence-corrected chi connectivity index (χ4v) is 2.17. The highest BCUT2D eigenvalue weighted by atomic mass is 16.2. The van der Waals surface area contributed by atoms with Gasteiger partial charge in [0.15, 0.2) is 0 Å². The molecular weight excluding hydrogens is 276 g/mol. The average molecular weight is 292 g/mol. The van der Waals surface area contributed by atoms with E-state index in [1.54, 1.807) is 23.0 Å². The number of aromatic nitrogens is 3. The highest BCUT2D eigenvalue weighted by Gasteiger charge is 2.11. The van der Waals surface area contributed by atoms with Gasteiger partial charge in [0, 0.05) is 11.8 Å². The standard InChI is InChI=1S/C17H16N4O/c1-13-6-5-9-15(19-13)17(22)20-16-10-11-18-21(16)12-14-7-3-2-4-8-14/h2-11H,12H2,1H3,(H,20,22). The van der Waals surface area contributed by atoms with Crippen LogP contribution >= 0.6 is 0 Å². The van der Waals surface area contributed by atoms with Crippen LogP contribution in [0.1, 0.15) is 21.7 Å². The first kappa shape index (κ1) is 14.0. The number of benzene rings is 1. The van der Waals surface area contributed by atoms with E-state index in [1.165, 1.54) is 0 Å². The van der Waals surface area contributed by atoms with E-state index in [0.29, 0.717) is 18.1 Å². The largest absolute Gasteiger partial charge is 0.305 e. The zero-order chi connectivity index (χ0) is 15.4. The van der Waals surface area contributed by atoms with Gasteiger partial charge < -0.3 is 5.32 Å². The second kappa shape index (κ2) is 6.22. The summed E-state index contributed by atoms with van der Waals surface area (Å²) in [4.78, 5) is 16.5. The van der Waals surface area contributed by atoms with Gasteiger partial charge in [-0.3, -0.25) is 4.79 Å². The molecule has 3 rings (SSSR count). The van der Waals surface area contributed by atoms with E-state index in [4.69, 9.17) is 0 Å². The summed E-state index contributed by atoms with van der Waals surface area (Å²) >= 11 is 0. The number of hydrogen-bond acceptors (Lipinski definition) is 3. The monoisotopic (exact) mass is 292 g/mol. The van der Waals surface area contributed by atoms with Gasteiger partial charge in [-0.05, 0) is 24.6 Å². The molecule has 0 atom stereocenters. The van der Waals surface area contributed by atoms with Gasteiger partial charge in [-0.2, -0.15) is 5.10 Å². The number of nitrogens with zero attached hydrogens (tertiary/aromatic N) is 3. The molecule has 0 fully saturated rings. The Kier molecular flexibility index (Phi) is 3.96. The second-order valence-electron chi connectivity index (χ2n) is 4.98. The average Bonchev–Trinajstić information content (AvgIpc) is 2.95. The summed E-state index contributed by atoms with van der Waals surface area (Å²) in [5, 5.41) is 7.11. The Morgan fingerprint density at radius 1 is 1.09 bits per heavy atom. The van der Waals surface area contributed by atoms with Crippen LogP contribution in [0.4, 0.5) is 5.82 Å². The summed E-state index contributed by atoms with van der Waals surface area (Å²) in [7, 11) is 0. The molecule has 2 aromatic heterocycles. The summed E-state index contributed by atoms with van der Waals surface area (Å²) in [6.45, 7) is 2.46. The van der Waals surface area contributed by atoms with E-state index >= 15 is 0 Å². The second-order valence-corrected chi connectivity index (χ2v) is 4.98. The van der Waals surface area contributed by atoms with Crippen molar-refractivity contribution in [3.05, 3.63) is 77.7 Å². The number of amides is 1. The number of anilines is 1. The third kappa shape index (κ3) is 3.20. The van der Waals surface area contributed by atoms with Crippen molar-refractivity contribution in [1.29, 1.82) is 0 Å². The molecule has 1 N–H and O–H groups in total. The Labute approximate surface area is 128 Å². The summed E-state index contributed by atoms with van der Waals surface area (Å²) in [6.07, 6.45) is 1.67. The van der Waals surface area contributed by atoms with Gasteiger partial charge in [-0.25, -0.2) is 9.67 Å². The molecule has 110 valence electrons. The number of aryl methyl sites for hydroxylation is 1. The van der Waals surface area contributed by atoms with E-state index in [2.05, 4.69) is 15.4 Å². The van der Waals surface area contributed by atoms with Crippen LogP contribution in [0.15, 0.2) is 60.8 Å². The minimum Gasteiger partial charge on any atom is -0.305 e. The predicted octanol–water partition coefficient (Wildman–Crippen LogP) is 2.89. The number of carbonyl (C=O) groups excluding carboxylic acids is 1. The van der Waals surface area contributed by atoms with Crippen molar-refractivity contribution in [3.63, 3.8) is 0 Å². The summed E-state index contributed by atoms with van der Waals surface area (Å²) < 4.78 is 1.75. The number of hydrogen-bond donors (Lipinski definition) is 1. The molecule has 2 heterocycles. The maximum absolute atomic E-state index is 12.3. The van der Waals surface area contributed by atoms with Gasteiger partial charge >= 0.3 is 0 Å². The SMILES string of the molecule is Cc1cccc(C(=O)Nc2ccnn2Cc2ccccc2)n1. The lowest BCUT2D eigenvalue weighted by Crippen LogP contribution is -2.17. The lowest BCUT2D eigenvalue weighted by Gasteiger charge is -2.09. The van der Waals surface area contributed by atoms with E-state index in [0.717, 1.165) is 11.3 Å². The molecule has 0 spiro atoms. The van der Waals surface area contributed by atoms with Crippen LogP contribution in [0, 0.1) is 6.92 Å². The van der Waals surface area contributed by atoms with Gasteiger partial charge in [-0.15, -0.1) is 0 Å². The molecule has 0 aliphatic carbocycles. The predicted molar refractivity (Wildman–Crippen MR) is 84.7 cm³/mol. The van der Waals surface area contributed by atoms with Crippen molar-refractivity contribution >= 4 is 11.7 Å².